The molecule has 3 amide bonds. The van der Waals surface area contributed by atoms with Gasteiger partial charge in [-0.2, -0.15) is 0 Å². The molecule has 1 fully saturated rings. The number of primary amides is 1. The number of benzene rings is 2. The van der Waals surface area contributed by atoms with Crippen molar-refractivity contribution < 1.29 is 19.1 Å². The van der Waals surface area contributed by atoms with Crippen LogP contribution in [0.1, 0.15) is 69.5 Å². The molecule has 1 aromatic heterocycles. The topological polar surface area (TPSA) is 140 Å². The minimum Gasteiger partial charge on any atom is -0.497 e. The molecule has 1 heterocycles. The van der Waals surface area contributed by atoms with E-state index in [2.05, 4.69) is 22.5 Å². The number of carbonyl (C=O) groups is 3. The van der Waals surface area contributed by atoms with E-state index >= 15 is 0 Å². The predicted molar refractivity (Wildman–Crippen MR) is 162 cm³/mol. The zero-order valence-corrected chi connectivity index (χ0v) is 24.7. The summed E-state index contributed by atoms with van der Waals surface area (Å²) >= 11 is 0. The minimum atomic E-state index is -0.675. The van der Waals surface area contributed by atoms with Gasteiger partial charge in [0.05, 0.1) is 12.8 Å². The molecule has 3 atom stereocenters. The number of aromatic nitrogens is 2. The number of amides is 3. The molecule has 10 heteroatoms. The lowest BCUT2D eigenvalue weighted by Crippen LogP contribution is -2.30. The van der Waals surface area contributed by atoms with Gasteiger partial charge in [0.15, 0.2) is 11.5 Å². The average molecular weight is 573 g/mol. The average Bonchev–Trinajstić information content (AvgIpc) is 3.16. The second kappa shape index (κ2) is 13.9. The van der Waals surface area contributed by atoms with Crippen molar-refractivity contribution in [1.82, 2.24) is 20.2 Å². The Bertz CT molecular complexity index is 1390. The Morgan fingerprint density at radius 1 is 1.02 bits per heavy atom. The van der Waals surface area contributed by atoms with Gasteiger partial charge in [0.2, 0.25) is 0 Å². The van der Waals surface area contributed by atoms with Crippen LogP contribution in [-0.4, -0.2) is 60.3 Å². The first-order valence-corrected chi connectivity index (χ1v) is 14.3. The molecule has 0 bridgehead atoms. The first kappa shape index (κ1) is 30.5. The SMILES string of the molecule is COc1ccc(C(=O)NCC2CCCC(C)C(Cc3cnc(C(N)=O)c(Nc4ccc(C(=O)N(C)C)cc4)n3)C2)cc1. The number of nitrogens with one attached hydrogen (secondary N) is 2. The molecule has 1 aliphatic carbocycles. The molecule has 3 unspecified atom stereocenters. The van der Waals surface area contributed by atoms with E-state index in [1.54, 1.807) is 75.9 Å². The standard InChI is InChI=1S/C32H40N6O4/c1-20-6-5-7-21(18-35-31(40)22-10-14-27(42-4)15-11-22)16-24(20)17-26-19-34-28(29(33)39)30(37-26)36-25-12-8-23(9-13-25)32(41)38(2)3/h8-15,19-21,24H,5-7,16-18H2,1-4H3,(H2,33,39)(H,35,40)(H,36,37). The van der Waals surface area contributed by atoms with Crippen LogP contribution in [0.4, 0.5) is 11.5 Å². The summed E-state index contributed by atoms with van der Waals surface area (Å²) in [5.41, 5.74) is 8.25. The van der Waals surface area contributed by atoms with Crippen molar-refractivity contribution in [2.45, 2.75) is 39.0 Å². The summed E-state index contributed by atoms with van der Waals surface area (Å²) in [6.07, 6.45) is 6.53. The van der Waals surface area contributed by atoms with E-state index in [0.29, 0.717) is 53.3 Å². The third kappa shape index (κ3) is 7.84. The van der Waals surface area contributed by atoms with E-state index in [-0.39, 0.29) is 23.3 Å². The highest BCUT2D eigenvalue weighted by Crippen LogP contribution is 2.34. The molecule has 4 rings (SSSR count). The van der Waals surface area contributed by atoms with Crippen molar-refractivity contribution in [3.63, 3.8) is 0 Å². The Kier molecular flexibility index (Phi) is 10.1. The number of methoxy groups -OCH3 is 1. The lowest BCUT2D eigenvalue weighted by Gasteiger charge is -2.24. The van der Waals surface area contributed by atoms with Crippen molar-refractivity contribution in [1.29, 1.82) is 0 Å². The van der Waals surface area contributed by atoms with Crippen LogP contribution in [0.15, 0.2) is 54.7 Å². The number of anilines is 2. The first-order chi connectivity index (χ1) is 20.1. The summed E-state index contributed by atoms with van der Waals surface area (Å²) in [7, 11) is 5.00. The van der Waals surface area contributed by atoms with E-state index in [9.17, 15) is 14.4 Å². The Hall–Kier alpha value is -4.47. The van der Waals surface area contributed by atoms with Crippen LogP contribution in [0.25, 0.3) is 0 Å². The Morgan fingerprint density at radius 3 is 2.36 bits per heavy atom. The van der Waals surface area contributed by atoms with Gasteiger partial charge in [-0.3, -0.25) is 14.4 Å². The molecule has 3 aromatic rings. The molecule has 0 saturated heterocycles. The summed E-state index contributed by atoms with van der Waals surface area (Å²) in [5, 5.41) is 6.27. The molecule has 4 N–H and O–H groups in total. The minimum absolute atomic E-state index is 0.0558. The lowest BCUT2D eigenvalue weighted by atomic mass is 9.83. The van der Waals surface area contributed by atoms with Crippen molar-refractivity contribution in [3.8, 4) is 5.75 Å². The van der Waals surface area contributed by atoms with E-state index < -0.39 is 5.91 Å². The van der Waals surface area contributed by atoms with Crippen molar-refractivity contribution in [2.75, 3.05) is 33.1 Å². The summed E-state index contributed by atoms with van der Waals surface area (Å²) in [6, 6.07) is 14.1. The quantitative estimate of drug-likeness (QED) is 0.305. The monoisotopic (exact) mass is 572 g/mol. The Balaban J connectivity index is 1.44. The fraction of sp³-hybridized carbons (Fsp3) is 0.406. The van der Waals surface area contributed by atoms with Crippen molar-refractivity contribution in [2.24, 2.45) is 23.5 Å². The molecule has 2 aromatic carbocycles. The normalized spacial score (nSPS) is 18.4. The maximum absolute atomic E-state index is 12.7. The molecular formula is C32H40N6O4. The summed E-state index contributed by atoms with van der Waals surface area (Å²) < 4.78 is 5.18. The second-order valence-electron chi connectivity index (χ2n) is 11.2. The maximum Gasteiger partial charge on any atom is 0.271 e. The molecule has 0 aliphatic heterocycles. The van der Waals surface area contributed by atoms with Crippen LogP contribution in [0.2, 0.25) is 0 Å². The summed E-state index contributed by atoms with van der Waals surface area (Å²) in [5.74, 6) is 1.30. The van der Waals surface area contributed by atoms with Gasteiger partial charge in [0.25, 0.3) is 17.7 Å². The molecule has 10 nitrogen and oxygen atoms in total. The van der Waals surface area contributed by atoms with Gasteiger partial charge >= 0.3 is 0 Å². The maximum atomic E-state index is 12.7. The first-order valence-electron chi connectivity index (χ1n) is 14.3. The number of rotatable bonds is 10. The van der Waals surface area contributed by atoms with Gasteiger partial charge in [0.1, 0.15) is 5.75 Å². The van der Waals surface area contributed by atoms with Crippen LogP contribution in [-0.2, 0) is 6.42 Å². The molecule has 0 spiro atoms. The smallest absolute Gasteiger partial charge is 0.271 e. The number of ether oxygens (including phenoxy) is 1. The fourth-order valence-electron chi connectivity index (χ4n) is 5.45. The third-order valence-corrected chi connectivity index (χ3v) is 7.94. The highest BCUT2D eigenvalue weighted by atomic mass is 16.5. The lowest BCUT2D eigenvalue weighted by molar-refractivity contribution is 0.0827. The van der Waals surface area contributed by atoms with Gasteiger partial charge in [0, 0.05) is 43.7 Å². The largest absolute Gasteiger partial charge is 0.497 e. The van der Waals surface area contributed by atoms with Gasteiger partial charge < -0.3 is 26.0 Å². The van der Waals surface area contributed by atoms with Crippen LogP contribution in [0.5, 0.6) is 5.75 Å². The van der Waals surface area contributed by atoms with Crippen LogP contribution >= 0.6 is 0 Å². The summed E-state index contributed by atoms with van der Waals surface area (Å²) in [6.45, 7) is 2.88. The number of hydrogen-bond acceptors (Lipinski definition) is 7. The molecule has 42 heavy (non-hydrogen) atoms. The van der Waals surface area contributed by atoms with Gasteiger partial charge in [-0.25, -0.2) is 9.97 Å². The highest BCUT2D eigenvalue weighted by Gasteiger charge is 2.27. The number of nitrogens with zero attached hydrogens (tertiary/aromatic N) is 3. The molecule has 222 valence electrons. The Labute approximate surface area is 247 Å². The van der Waals surface area contributed by atoms with Crippen molar-refractivity contribution >= 4 is 29.2 Å². The number of hydrogen-bond donors (Lipinski definition) is 3. The van der Waals surface area contributed by atoms with Gasteiger partial charge in [-0.1, -0.05) is 19.8 Å². The number of carbonyl (C=O) groups excluding carboxylic acids is 3. The zero-order valence-electron chi connectivity index (χ0n) is 24.7. The molecule has 1 saturated carbocycles. The van der Waals surface area contributed by atoms with Gasteiger partial charge in [-0.05, 0) is 85.5 Å². The van der Waals surface area contributed by atoms with Crippen molar-refractivity contribution in [3.05, 3.63) is 77.2 Å². The summed E-state index contributed by atoms with van der Waals surface area (Å²) in [4.78, 5) is 47.7. The molecule has 0 radical (unpaired) electrons. The molecule has 1 aliphatic rings. The molecular weight excluding hydrogens is 532 g/mol. The Morgan fingerprint density at radius 2 is 1.71 bits per heavy atom. The van der Waals surface area contributed by atoms with Crippen LogP contribution in [0, 0.1) is 17.8 Å². The second-order valence-corrected chi connectivity index (χ2v) is 11.2. The van der Waals surface area contributed by atoms with E-state index in [4.69, 9.17) is 15.5 Å². The van der Waals surface area contributed by atoms with E-state index in [1.807, 2.05) is 0 Å². The van der Waals surface area contributed by atoms with Gasteiger partial charge in [-0.15, -0.1) is 0 Å². The zero-order chi connectivity index (χ0) is 30.2. The third-order valence-electron chi connectivity index (χ3n) is 7.94. The van der Waals surface area contributed by atoms with E-state index in [1.165, 1.54) is 4.90 Å². The van der Waals surface area contributed by atoms with Crippen LogP contribution in [0.3, 0.4) is 0 Å². The predicted octanol–water partition coefficient (Wildman–Crippen LogP) is 4.44. The fourth-order valence-corrected chi connectivity index (χ4v) is 5.45. The van der Waals surface area contributed by atoms with E-state index in [0.717, 1.165) is 31.4 Å². The number of nitrogens with two attached hydrogens (primary N) is 1. The highest BCUT2D eigenvalue weighted by molar-refractivity contribution is 5.97. The van der Waals surface area contributed by atoms with Crippen LogP contribution < -0.4 is 21.1 Å².